The number of Topliss-reactive ketones (excluding diaryl/α,β-unsaturated/α-hetero) is 1. The van der Waals surface area contributed by atoms with E-state index in [1.165, 1.54) is 193 Å². The molecule has 55 heavy (non-hydrogen) atoms. The molecule has 1 atom stereocenters. The van der Waals surface area contributed by atoms with Crippen LogP contribution in [0, 0.1) is 0 Å². The van der Waals surface area contributed by atoms with Crippen molar-refractivity contribution in [1.82, 2.24) is 5.32 Å². The summed E-state index contributed by atoms with van der Waals surface area (Å²) in [6.07, 6.45) is 47.8. The lowest BCUT2D eigenvalue weighted by molar-refractivity contribution is -0.119. The molecule has 0 aromatic rings. The number of amides is 1. The average molecular weight is 780 g/mol. The molecule has 0 unspecified atom stereocenters. The molecule has 328 valence electrons. The van der Waals surface area contributed by atoms with Gasteiger partial charge in [0.15, 0.2) is 0 Å². The van der Waals surface area contributed by atoms with Gasteiger partial charge in [-0.3, -0.25) is 4.79 Å². The van der Waals surface area contributed by atoms with E-state index >= 15 is 0 Å². The van der Waals surface area contributed by atoms with E-state index in [1.54, 1.807) is 0 Å². The van der Waals surface area contributed by atoms with Crippen LogP contribution < -0.4 is 5.32 Å². The summed E-state index contributed by atoms with van der Waals surface area (Å²) in [6, 6.07) is 0. The summed E-state index contributed by atoms with van der Waals surface area (Å²) >= 11 is 0. The van der Waals surface area contributed by atoms with Gasteiger partial charge in [-0.2, -0.15) is 0 Å². The van der Waals surface area contributed by atoms with Crippen LogP contribution in [-0.4, -0.2) is 51.0 Å². The summed E-state index contributed by atoms with van der Waals surface area (Å²) in [6.45, 7) is 9.30. The SMILES string of the molecule is CCCCCCCCCCCCCCCCCCOC[C@H](COC(=O)NCCCCCC(=O)CCC)OCCCCCCCCCCCCCCCCCC. The van der Waals surface area contributed by atoms with Gasteiger partial charge in [-0.15, -0.1) is 0 Å². The molecule has 0 saturated carbocycles. The number of rotatable bonds is 47. The van der Waals surface area contributed by atoms with Crippen LogP contribution in [0.2, 0.25) is 0 Å². The van der Waals surface area contributed by atoms with Gasteiger partial charge in [0.25, 0.3) is 0 Å². The number of ketones is 1. The molecule has 0 aromatic carbocycles. The van der Waals surface area contributed by atoms with E-state index in [0.29, 0.717) is 38.4 Å². The zero-order valence-electron chi connectivity index (χ0n) is 37.5. The molecule has 0 spiro atoms. The van der Waals surface area contributed by atoms with Crippen molar-refractivity contribution in [2.75, 3.05) is 33.0 Å². The minimum absolute atomic E-state index is 0.217. The van der Waals surface area contributed by atoms with Crippen LogP contribution in [0.15, 0.2) is 0 Å². The first-order valence-corrected chi connectivity index (χ1v) is 24.8. The molecule has 0 aliphatic rings. The van der Waals surface area contributed by atoms with Gasteiger partial charge >= 0.3 is 6.09 Å². The Kier molecular flexibility index (Phi) is 46.3. The van der Waals surface area contributed by atoms with Crippen LogP contribution in [0.4, 0.5) is 4.79 Å². The number of carbonyl (C=O) groups excluding carboxylic acids is 2. The van der Waals surface area contributed by atoms with Gasteiger partial charge in [0.05, 0.1) is 6.61 Å². The molecule has 0 rings (SSSR count). The second-order valence-electron chi connectivity index (χ2n) is 16.8. The lowest BCUT2D eigenvalue weighted by Crippen LogP contribution is -2.32. The highest BCUT2D eigenvalue weighted by Crippen LogP contribution is 2.16. The van der Waals surface area contributed by atoms with Gasteiger partial charge in [-0.05, 0) is 32.1 Å². The Bertz CT molecular complexity index is 762. The highest BCUT2D eigenvalue weighted by Gasteiger charge is 2.13. The monoisotopic (exact) mass is 780 g/mol. The van der Waals surface area contributed by atoms with E-state index in [0.717, 1.165) is 45.1 Å². The first-order valence-electron chi connectivity index (χ1n) is 24.8. The van der Waals surface area contributed by atoms with Crippen molar-refractivity contribution >= 4 is 11.9 Å². The fourth-order valence-corrected chi connectivity index (χ4v) is 7.45. The number of unbranched alkanes of at least 4 members (excludes halogenated alkanes) is 32. The molecule has 0 heterocycles. The second-order valence-corrected chi connectivity index (χ2v) is 16.8. The van der Waals surface area contributed by atoms with E-state index < -0.39 is 6.09 Å². The summed E-state index contributed by atoms with van der Waals surface area (Å²) < 4.78 is 17.8. The fourth-order valence-electron chi connectivity index (χ4n) is 7.45. The van der Waals surface area contributed by atoms with E-state index in [4.69, 9.17) is 14.2 Å². The Morgan fingerprint density at radius 2 is 0.782 bits per heavy atom. The summed E-state index contributed by atoms with van der Waals surface area (Å²) in [5, 5.41) is 2.86. The molecule has 0 aromatic heterocycles. The van der Waals surface area contributed by atoms with Gasteiger partial charge in [0, 0.05) is 32.6 Å². The topological polar surface area (TPSA) is 73.9 Å². The standard InChI is InChI=1S/C49H97NO5/c1-4-7-9-11-13-15-17-19-21-23-25-27-29-31-33-38-43-53-45-48(46-55-49(52)50-42-37-35-36-41-47(51)40-6-3)54-44-39-34-32-30-28-26-24-22-20-18-16-14-12-10-8-5-2/h48H,4-46H2,1-3H3,(H,50,52)/t48-/m1/s1. The average Bonchev–Trinajstić information content (AvgIpc) is 3.18. The maximum Gasteiger partial charge on any atom is 0.407 e. The molecule has 6 nitrogen and oxygen atoms in total. The lowest BCUT2D eigenvalue weighted by atomic mass is 10.0. The number of hydrogen-bond donors (Lipinski definition) is 1. The highest BCUT2D eigenvalue weighted by atomic mass is 16.6. The molecule has 0 aliphatic carbocycles. The third kappa shape index (κ3) is 45.4. The third-order valence-electron chi connectivity index (χ3n) is 11.1. The number of carbonyl (C=O) groups is 2. The fraction of sp³-hybridized carbons (Fsp3) is 0.959. The summed E-state index contributed by atoms with van der Waals surface area (Å²) in [4.78, 5) is 24.1. The first kappa shape index (κ1) is 53.9. The number of ether oxygens (including phenoxy) is 3. The highest BCUT2D eigenvalue weighted by molar-refractivity contribution is 5.78. The summed E-state index contributed by atoms with van der Waals surface area (Å²) in [5.74, 6) is 0.345. The summed E-state index contributed by atoms with van der Waals surface area (Å²) in [7, 11) is 0. The predicted molar refractivity (Wildman–Crippen MR) is 237 cm³/mol. The van der Waals surface area contributed by atoms with E-state index in [1.807, 2.05) is 6.92 Å². The Morgan fingerprint density at radius 3 is 1.20 bits per heavy atom. The largest absolute Gasteiger partial charge is 0.447 e. The quantitative estimate of drug-likeness (QED) is 0.0623. The zero-order chi connectivity index (χ0) is 40.0. The van der Waals surface area contributed by atoms with Crippen LogP contribution in [0.25, 0.3) is 0 Å². The van der Waals surface area contributed by atoms with Crippen LogP contribution in [0.5, 0.6) is 0 Å². The Labute approximate surface area is 343 Å². The molecule has 6 heteroatoms. The zero-order valence-corrected chi connectivity index (χ0v) is 37.5. The van der Waals surface area contributed by atoms with Gasteiger partial charge < -0.3 is 19.5 Å². The predicted octanol–water partition coefficient (Wildman–Crippen LogP) is 15.6. The molecular formula is C49H97NO5. The molecule has 0 bridgehead atoms. The van der Waals surface area contributed by atoms with Gasteiger partial charge in [0.2, 0.25) is 0 Å². The molecule has 1 amide bonds. The van der Waals surface area contributed by atoms with Crippen molar-refractivity contribution in [2.45, 2.75) is 271 Å². The minimum atomic E-state index is -0.393. The molecule has 1 N–H and O–H groups in total. The normalized spacial score (nSPS) is 12.0. The minimum Gasteiger partial charge on any atom is -0.447 e. The van der Waals surface area contributed by atoms with Crippen LogP contribution in [0.1, 0.15) is 265 Å². The Morgan fingerprint density at radius 1 is 0.400 bits per heavy atom. The number of nitrogens with one attached hydrogen (secondary N) is 1. The van der Waals surface area contributed by atoms with Crippen molar-refractivity contribution < 1.29 is 23.8 Å². The maximum atomic E-state index is 12.4. The number of alkyl carbamates (subject to hydrolysis) is 1. The molecule has 0 saturated heterocycles. The Balaban J connectivity index is 4.04. The molecular weight excluding hydrogens is 683 g/mol. The van der Waals surface area contributed by atoms with Crippen molar-refractivity contribution in [1.29, 1.82) is 0 Å². The number of hydrogen-bond acceptors (Lipinski definition) is 5. The van der Waals surface area contributed by atoms with Crippen LogP contribution in [0.3, 0.4) is 0 Å². The van der Waals surface area contributed by atoms with Gasteiger partial charge in [-0.25, -0.2) is 4.79 Å². The van der Waals surface area contributed by atoms with Crippen molar-refractivity contribution in [3.63, 3.8) is 0 Å². The molecule has 0 aliphatic heterocycles. The van der Waals surface area contributed by atoms with E-state index in [-0.39, 0.29) is 12.7 Å². The van der Waals surface area contributed by atoms with E-state index in [2.05, 4.69) is 19.2 Å². The van der Waals surface area contributed by atoms with Crippen molar-refractivity contribution in [3.8, 4) is 0 Å². The maximum absolute atomic E-state index is 12.4. The first-order chi connectivity index (χ1) is 27.1. The van der Waals surface area contributed by atoms with Crippen LogP contribution in [-0.2, 0) is 19.0 Å². The Hall–Kier alpha value is -1.14. The van der Waals surface area contributed by atoms with Crippen molar-refractivity contribution in [3.05, 3.63) is 0 Å². The molecule has 0 fully saturated rings. The summed E-state index contributed by atoms with van der Waals surface area (Å²) in [5.41, 5.74) is 0. The van der Waals surface area contributed by atoms with Crippen molar-refractivity contribution in [2.24, 2.45) is 0 Å². The van der Waals surface area contributed by atoms with Gasteiger partial charge in [-0.1, -0.05) is 220 Å². The second kappa shape index (κ2) is 47.2. The third-order valence-corrected chi connectivity index (χ3v) is 11.1. The smallest absolute Gasteiger partial charge is 0.407 e. The van der Waals surface area contributed by atoms with Gasteiger partial charge in [0.1, 0.15) is 18.5 Å². The molecule has 0 radical (unpaired) electrons. The van der Waals surface area contributed by atoms with E-state index in [9.17, 15) is 9.59 Å². The van der Waals surface area contributed by atoms with Crippen LogP contribution >= 0.6 is 0 Å². The lowest BCUT2D eigenvalue weighted by Gasteiger charge is -2.18.